The third kappa shape index (κ3) is 1.44. The molecule has 3 aromatic heterocycles. The van der Waals surface area contributed by atoms with E-state index in [1.165, 1.54) is 0 Å². The van der Waals surface area contributed by atoms with Crippen LogP contribution in [0.4, 0.5) is 0 Å². The average molecular weight is 212 g/mol. The second kappa shape index (κ2) is 3.73. The Bertz CT molecular complexity index is 438. The van der Waals surface area contributed by atoms with E-state index in [9.17, 15) is 0 Å². The molecule has 0 aliphatic heterocycles. The lowest BCUT2D eigenvalue weighted by atomic mass is 10.0. The fourth-order valence-corrected chi connectivity index (χ4v) is 1.95. The van der Waals surface area contributed by atoms with Gasteiger partial charge in [-0.05, 0) is 24.3 Å². The summed E-state index contributed by atoms with van der Waals surface area (Å²) in [5.41, 5.74) is 2.25. The van der Waals surface area contributed by atoms with E-state index in [2.05, 4.69) is 32.1 Å². The van der Waals surface area contributed by atoms with E-state index in [0.29, 0.717) is 0 Å². The Kier molecular flexibility index (Phi) is 2.11. The minimum absolute atomic E-state index is 0.111. The lowest BCUT2D eigenvalue weighted by Gasteiger charge is -2.11. The maximum absolute atomic E-state index is 4.33. The van der Waals surface area contributed by atoms with Crippen molar-refractivity contribution in [3.05, 3.63) is 66.3 Å². The van der Waals surface area contributed by atoms with E-state index in [0.717, 1.165) is 17.2 Å². The molecular weight excluding hydrogens is 200 g/mol. The topological polar surface area (TPSA) is 60.3 Å². The maximum Gasteiger partial charge on any atom is 0.121 e. The Morgan fingerprint density at radius 1 is 0.875 bits per heavy atom. The third-order valence-corrected chi connectivity index (χ3v) is 2.66. The van der Waals surface area contributed by atoms with Crippen molar-refractivity contribution in [3.63, 3.8) is 0 Å². The fraction of sp³-hybridized carbons (Fsp3) is 0.0833. The van der Waals surface area contributed by atoms with Gasteiger partial charge < -0.3 is 15.0 Å². The molecule has 0 saturated carbocycles. The van der Waals surface area contributed by atoms with Crippen molar-refractivity contribution >= 4 is 0 Å². The Hall–Kier alpha value is -2.23. The molecule has 4 nitrogen and oxygen atoms in total. The molecule has 0 amide bonds. The van der Waals surface area contributed by atoms with Gasteiger partial charge in [-0.15, -0.1) is 0 Å². The van der Waals surface area contributed by atoms with E-state index in [1.807, 2.05) is 30.7 Å². The molecule has 3 heterocycles. The highest BCUT2D eigenvalue weighted by Gasteiger charge is 2.20. The largest absolute Gasteiger partial charge is 0.364 e. The molecule has 4 heteroatoms. The molecule has 0 atom stereocenters. The summed E-state index contributed by atoms with van der Waals surface area (Å²) >= 11 is 0. The summed E-state index contributed by atoms with van der Waals surface area (Å²) < 4.78 is 0. The number of aromatic amines is 3. The van der Waals surface area contributed by atoms with Crippen LogP contribution in [-0.2, 0) is 0 Å². The molecule has 3 rings (SSSR count). The van der Waals surface area contributed by atoms with Crippen LogP contribution in [0.1, 0.15) is 23.1 Å². The van der Waals surface area contributed by atoms with Crippen molar-refractivity contribution in [1.29, 1.82) is 0 Å². The zero-order chi connectivity index (χ0) is 10.8. The summed E-state index contributed by atoms with van der Waals surface area (Å²) in [6.07, 6.45) is 7.46. The number of hydrogen-bond donors (Lipinski definition) is 3. The van der Waals surface area contributed by atoms with E-state index in [-0.39, 0.29) is 5.92 Å². The van der Waals surface area contributed by atoms with Gasteiger partial charge in [0.1, 0.15) is 5.82 Å². The number of nitrogens with one attached hydrogen (secondary N) is 3. The van der Waals surface area contributed by atoms with Crippen molar-refractivity contribution in [2.75, 3.05) is 0 Å². The Morgan fingerprint density at radius 2 is 1.56 bits per heavy atom. The van der Waals surface area contributed by atoms with Crippen LogP contribution in [0.2, 0.25) is 0 Å². The van der Waals surface area contributed by atoms with Crippen LogP contribution < -0.4 is 0 Å². The molecule has 0 radical (unpaired) electrons. The zero-order valence-electron chi connectivity index (χ0n) is 8.64. The van der Waals surface area contributed by atoms with Crippen molar-refractivity contribution in [2.24, 2.45) is 0 Å². The second-order valence-corrected chi connectivity index (χ2v) is 3.66. The van der Waals surface area contributed by atoms with Crippen molar-refractivity contribution in [3.8, 4) is 0 Å². The highest BCUT2D eigenvalue weighted by molar-refractivity contribution is 5.31. The Balaban J connectivity index is 2.09. The average Bonchev–Trinajstić information content (AvgIpc) is 3.02. The normalized spacial score (nSPS) is 11.1. The van der Waals surface area contributed by atoms with Crippen LogP contribution in [0.25, 0.3) is 0 Å². The van der Waals surface area contributed by atoms with Gasteiger partial charge in [0.05, 0.1) is 5.92 Å². The van der Waals surface area contributed by atoms with Crippen LogP contribution in [0, 0.1) is 0 Å². The van der Waals surface area contributed by atoms with Gasteiger partial charge >= 0.3 is 0 Å². The molecule has 0 aromatic carbocycles. The van der Waals surface area contributed by atoms with Crippen LogP contribution in [0.3, 0.4) is 0 Å². The van der Waals surface area contributed by atoms with Gasteiger partial charge in [-0.2, -0.15) is 0 Å². The number of H-pyrrole nitrogens is 3. The highest BCUT2D eigenvalue weighted by atomic mass is 14.9. The quantitative estimate of drug-likeness (QED) is 0.612. The molecule has 3 N–H and O–H groups in total. The number of imidazole rings is 1. The number of aromatic nitrogens is 4. The monoisotopic (exact) mass is 212 g/mol. The first-order valence-corrected chi connectivity index (χ1v) is 5.21. The molecule has 0 spiro atoms. The maximum atomic E-state index is 4.33. The number of rotatable bonds is 3. The van der Waals surface area contributed by atoms with Gasteiger partial charge in [-0.3, -0.25) is 0 Å². The minimum atomic E-state index is 0.111. The molecule has 0 aliphatic rings. The van der Waals surface area contributed by atoms with Crippen LogP contribution >= 0.6 is 0 Å². The summed E-state index contributed by atoms with van der Waals surface area (Å²) in [4.78, 5) is 14.0. The number of hydrogen-bond acceptors (Lipinski definition) is 1. The van der Waals surface area contributed by atoms with E-state index < -0.39 is 0 Å². The Labute approximate surface area is 92.8 Å². The van der Waals surface area contributed by atoms with Gasteiger partial charge in [0.15, 0.2) is 0 Å². The molecule has 0 bridgehead atoms. The molecular formula is C12H12N4. The first kappa shape index (κ1) is 9.03. The van der Waals surface area contributed by atoms with Gasteiger partial charge in [0.2, 0.25) is 0 Å². The van der Waals surface area contributed by atoms with E-state index >= 15 is 0 Å². The zero-order valence-corrected chi connectivity index (χ0v) is 8.64. The van der Waals surface area contributed by atoms with Crippen molar-refractivity contribution in [2.45, 2.75) is 5.92 Å². The fourth-order valence-electron chi connectivity index (χ4n) is 1.95. The van der Waals surface area contributed by atoms with Gasteiger partial charge in [-0.25, -0.2) is 4.98 Å². The van der Waals surface area contributed by atoms with Crippen molar-refractivity contribution < 1.29 is 0 Å². The van der Waals surface area contributed by atoms with E-state index in [4.69, 9.17) is 0 Å². The predicted molar refractivity (Wildman–Crippen MR) is 61.1 cm³/mol. The second-order valence-electron chi connectivity index (χ2n) is 3.66. The third-order valence-electron chi connectivity index (χ3n) is 2.66. The van der Waals surface area contributed by atoms with Crippen LogP contribution in [0.15, 0.2) is 49.1 Å². The summed E-state index contributed by atoms with van der Waals surface area (Å²) in [6, 6.07) is 8.12. The number of nitrogens with zero attached hydrogens (tertiary/aromatic N) is 1. The highest BCUT2D eigenvalue weighted by Crippen LogP contribution is 2.26. The summed E-state index contributed by atoms with van der Waals surface area (Å²) in [5.74, 6) is 1.05. The van der Waals surface area contributed by atoms with Gasteiger partial charge in [0, 0.05) is 36.2 Å². The predicted octanol–water partition coefficient (Wildman–Crippen LogP) is 2.25. The molecule has 0 fully saturated rings. The molecule has 3 aromatic rings. The summed E-state index contributed by atoms with van der Waals surface area (Å²) in [5, 5.41) is 0. The molecule has 0 unspecified atom stereocenters. The molecule has 0 aliphatic carbocycles. The lowest BCUT2D eigenvalue weighted by Crippen LogP contribution is -2.06. The van der Waals surface area contributed by atoms with Gasteiger partial charge in [-0.1, -0.05) is 0 Å². The first-order chi connectivity index (χ1) is 7.95. The smallest absolute Gasteiger partial charge is 0.121 e. The lowest BCUT2D eigenvalue weighted by molar-refractivity contribution is 0.831. The van der Waals surface area contributed by atoms with Crippen LogP contribution in [-0.4, -0.2) is 19.9 Å². The van der Waals surface area contributed by atoms with Gasteiger partial charge in [0.25, 0.3) is 0 Å². The SMILES string of the molecule is c1c[nH]c(C(c2ccc[nH]2)c2ncc[nH]2)c1. The minimum Gasteiger partial charge on any atom is -0.364 e. The summed E-state index contributed by atoms with van der Waals surface area (Å²) in [7, 11) is 0. The molecule has 80 valence electrons. The first-order valence-electron chi connectivity index (χ1n) is 5.21. The summed E-state index contributed by atoms with van der Waals surface area (Å²) in [6.45, 7) is 0. The molecule has 16 heavy (non-hydrogen) atoms. The van der Waals surface area contributed by atoms with Crippen molar-refractivity contribution in [1.82, 2.24) is 19.9 Å². The Morgan fingerprint density at radius 3 is 2.00 bits per heavy atom. The standard InChI is InChI=1S/C12H12N4/c1-3-9(13-5-1)11(10-4-2-6-14-10)12-15-7-8-16-12/h1-8,11,13-14H,(H,15,16). The van der Waals surface area contributed by atoms with E-state index in [1.54, 1.807) is 6.20 Å². The van der Waals surface area contributed by atoms with Crippen LogP contribution in [0.5, 0.6) is 0 Å². The molecule has 0 saturated heterocycles.